The number of hydrogen-bond donors (Lipinski definition) is 1. The summed E-state index contributed by atoms with van der Waals surface area (Å²) < 4.78 is 0. The standard InChI is InChI=1S/C9H21NS/c1-4-9(3)8-10(5-2)6-7-11/h9,11H,4-8H2,1-3H3. The number of hydrogen-bond acceptors (Lipinski definition) is 2. The van der Waals surface area contributed by atoms with Gasteiger partial charge in [-0.15, -0.1) is 0 Å². The van der Waals surface area contributed by atoms with Crippen molar-refractivity contribution in [2.75, 3.05) is 25.4 Å². The highest BCUT2D eigenvalue weighted by Crippen LogP contribution is 2.03. The minimum Gasteiger partial charge on any atom is -0.303 e. The van der Waals surface area contributed by atoms with Crippen LogP contribution in [-0.2, 0) is 0 Å². The molecule has 1 unspecified atom stereocenters. The van der Waals surface area contributed by atoms with E-state index in [1.807, 2.05) is 0 Å². The van der Waals surface area contributed by atoms with Crippen LogP contribution in [0.1, 0.15) is 27.2 Å². The zero-order chi connectivity index (χ0) is 8.69. The van der Waals surface area contributed by atoms with Crippen molar-refractivity contribution in [2.45, 2.75) is 27.2 Å². The normalized spacial score (nSPS) is 13.9. The molecule has 0 saturated heterocycles. The molecule has 0 aliphatic rings. The molecular weight excluding hydrogens is 154 g/mol. The summed E-state index contributed by atoms with van der Waals surface area (Å²) in [7, 11) is 0. The fourth-order valence-electron chi connectivity index (χ4n) is 1.09. The van der Waals surface area contributed by atoms with Gasteiger partial charge in [0.15, 0.2) is 0 Å². The number of rotatable bonds is 6. The van der Waals surface area contributed by atoms with Gasteiger partial charge in [-0.1, -0.05) is 27.2 Å². The first-order valence-electron chi connectivity index (χ1n) is 4.57. The average Bonchev–Trinajstić information content (AvgIpc) is 2.03. The van der Waals surface area contributed by atoms with E-state index in [-0.39, 0.29) is 0 Å². The van der Waals surface area contributed by atoms with Crippen LogP contribution in [0.25, 0.3) is 0 Å². The van der Waals surface area contributed by atoms with Gasteiger partial charge in [0.25, 0.3) is 0 Å². The third-order valence-electron chi connectivity index (χ3n) is 2.13. The molecule has 0 fully saturated rings. The van der Waals surface area contributed by atoms with Gasteiger partial charge in [0.1, 0.15) is 0 Å². The largest absolute Gasteiger partial charge is 0.303 e. The van der Waals surface area contributed by atoms with Crippen molar-refractivity contribution in [1.29, 1.82) is 0 Å². The van der Waals surface area contributed by atoms with Gasteiger partial charge in [-0.2, -0.15) is 12.6 Å². The molecule has 1 nitrogen and oxygen atoms in total. The fourth-order valence-corrected chi connectivity index (χ4v) is 1.37. The van der Waals surface area contributed by atoms with Crippen LogP contribution in [0.4, 0.5) is 0 Å². The van der Waals surface area contributed by atoms with Gasteiger partial charge >= 0.3 is 0 Å². The molecule has 0 aromatic rings. The Morgan fingerprint density at radius 1 is 1.36 bits per heavy atom. The molecule has 0 rings (SSSR count). The van der Waals surface area contributed by atoms with Gasteiger partial charge in [-0.3, -0.25) is 0 Å². The number of thiol groups is 1. The van der Waals surface area contributed by atoms with Gasteiger partial charge in [0, 0.05) is 18.8 Å². The Labute approximate surface area is 76.6 Å². The fraction of sp³-hybridized carbons (Fsp3) is 1.00. The van der Waals surface area contributed by atoms with Gasteiger partial charge in [0.05, 0.1) is 0 Å². The Hall–Kier alpha value is 0.310. The third-order valence-corrected chi connectivity index (χ3v) is 2.33. The van der Waals surface area contributed by atoms with Crippen LogP contribution in [0, 0.1) is 5.92 Å². The molecule has 0 saturated carbocycles. The topological polar surface area (TPSA) is 3.24 Å². The van der Waals surface area contributed by atoms with E-state index >= 15 is 0 Å². The van der Waals surface area contributed by atoms with Gasteiger partial charge in [0.2, 0.25) is 0 Å². The second-order valence-electron chi connectivity index (χ2n) is 3.13. The van der Waals surface area contributed by atoms with Crippen LogP contribution < -0.4 is 0 Å². The van der Waals surface area contributed by atoms with Crippen LogP contribution in [0.5, 0.6) is 0 Å². The van der Waals surface area contributed by atoms with Crippen molar-refractivity contribution in [3.05, 3.63) is 0 Å². The first-order valence-corrected chi connectivity index (χ1v) is 5.21. The van der Waals surface area contributed by atoms with Crippen molar-refractivity contribution in [2.24, 2.45) is 5.92 Å². The van der Waals surface area contributed by atoms with E-state index in [1.54, 1.807) is 0 Å². The summed E-state index contributed by atoms with van der Waals surface area (Å²) in [6.07, 6.45) is 1.28. The van der Waals surface area contributed by atoms with Crippen molar-refractivity contribution >= 4 is 12.6 Å². The average molecular weight is 175 g/mol. The zero-order valence-electron chi connectivity index (χ0n) is 8.01. The predicted molar refractivity (Wildman–Crippen MR) is 55.4 cm³/mol. The van der Waals surface area contributed by atoms with Crippen LogP contribution in [-0.4, -0.2) is 30.3 Å². The monoisotopic (exact) mass is 175 g/mol. The van der Waals surface area contributed by atoms with Crippen molar-refractivity contribution in [3.63, 3.8) is 0 Å². The summed E-state index contributed by atoms with van der Waals surface area (Å²) in [5.41, 5.74) is 0. The molecule has 0 amide bonds. The van der Waals surface area contributed by atoms with E-state index in [2.05, 4.69) is 38.3 Å². The predicted octanol–water partition coefficient (Wildman–Crippen LogP) is 2.28. The second kappa shape index (κ2) is 6.99. The Morgan fingerprint density at radius 2 is 2.00 bits per heavy atom. The van der Waals surface area contributed by atoms with Crippen molar-refractivity contribution < 1.29 is 0 Å². The lowest BCUT2D eigenvalue weighted by atomic mass is 10.1. The quantitative estimate of drug-likeness (QED) is 0.606. The van der Waals surface area contributed by atoms with Crippen LogP contribution in [0.3, 0.4) is 0 Å². The van der Waals surface area contributed by atoms with Gasteiger partial charge in [-0.05, 0) is 12.5 Å². The maximum atomic E-state index is 4.22. The third kappa shape index (κ3) is 5.57. The molecule has 0 aromatic carbocycles. The van der Waals surface area contributed by atoms with E-state index in [0.717, 1.165) is 24.8 Å². The molecule has 11 heavy (non-hydrogen) atoms. The lowest BCUT2D eigenvalue weighted by molar-refractivity contribution is 0.260. The highest BCUT2D eigenvalue weighted by Gasteiger charge is 2.04. The van der Waals surface area contributed by atoms with Crippen LogP contribution in [0.2, 0.25) is 0 Å². The summed E-state index contributed by atoms with van der Waals surface area (Å²) in [5, 5.41) is 0. The van der Waals surface area contributed by atoms with Crippen LogP contribution >= 0.6 is 12.6 Å². The highest BCUT2D eigenvalue weighted by molar-refractivity contribution is 7.80. The molecular formula is C9H21NS. The van der Waals surface area contributed by atoms with E-state index in [0.29, 0.717) is 0 Å². The molecule has 0 aliphatic heterocycles. The smallest absolute Gasteiger partial charge is 0.00698 e. The SMILES string of the molecule is CCC(C)CN(CC)CCS. The minimum absolute atomic E-state index is 0.829. The molecule has 0 aromatic heterocycles. The molecule has 0 bridgehead atoms. The van der Waals surface area contributed by atoms with E-state index in [4.69, 9.17) is 0 Å². The Bertz CT molecular complexity index is 85.6. The van der Waals surface area contributed by atoms with Crippen LogP contribution in [0.15, 0.2) is 0 Å². The minimum atomic E-state index is 0.829. The molecule has 0 N–H and O–H groups in total. The first-order chi connectivity index (χ1) is 5.24. The Morgan fingerprint density at radius 3 is 2.36 bits per heavy atom. The lowest BCUT2D eigenvalue weighted by Crippen LogP contribution is -2.30. The molecule has 1 atom stereocenters. The zero-order valence-corrected chi connectivity index (χ0v) is 8.90. The summed E-state index contributed by atoms with van der Waals surface area (Å²) in [5.74, 6) is 1.81. The highest BCUT2D eigenvalue weighted by atomic mass is 32.1. The molecule has 0 aliphatic carbocycles. The summed E-state index contributed by atoms with van der Waals surface area (Å²) in [4.78, 5) is 2.46. The van der Waals surface area contributed by atoms with Crippen molar-refractivity contribution in [1.82, 2.24) is 4.90 Å². The molecule has 0 radical (unpaired) electrons. The summed E-state index contributed by atoms with van der Waals surface area (Å²) >= 11 is 4.22. The van der Waals surface area contributed by atoms with Crippen molar-refractivity contribution in [3.8, 4) is 0 Å². The second-order valence-corrected chi connectivity index (χ2v) is 3.58. The maximum Gasteiger partial charge on any atom is 0.00698 e. The molecule has 2 heteroatoms. The van der Waals surface area contributed by atoms with Gasteiger partial charge in [-0.25, -0.2) is 0 Å². The lowest BCUT2D eigenvalue weighted by Gasteiger charge is -2.22. The maximum absolute atomic E-state index is 4.22. The molecule has 68 valence electrons. The van der Waals surface area contributed by atoms with E-state index in [1.165, 1.54) is 13.0 Å². The van der Waals surface area contributed by atoms with E-state index in [9.17, 15) is 0 Å². The first kappa shape index (κ1) is 11.3. The Balaban J connectivity index is 3.49. The molecule has 0 heterocycles. The summed E-state index contributed by atoms with van der Waals surface area (Å²) in [6.45, 7) is 10.3. The van der Waals surface area contributed by atoms with E-state index < -0.39 is 0 Å². The number of nitrogens with zero attached hydrogens (tertiary/aromatic N) is 1. The van der Waals surface area contributed by atoms with Gasteiger partial charge < -0.3 is 4.90 Å². The molecule has 0 spiro atoms. The summed E-state index contributed by atoms with van der Waals surface area (Å²) in [6, 6.07) is 0. The Kier molecular flexibility index (Phi) is 7.18.